The Morgan fingerprint density at radius 3 is 2.48 bits per heavy atom. The second-order valence-corrected chi connectivity index (χ2v) is 5.59. The summed E-state index contributed by atoms with van der Waals surface area (Å²) < 4.78 is 5.20. The van der Waals surface area contributed by atoms with Crippen LogP contribution in [0.5, 0.6) is 5.75 Å². The topological polar surface area (TPSA) is 50.4 Å². The van der Waals surface area contributed by atoms with E-state index < -0.39 is 0 Å². The van der Waals surface area contributed by atoms with Gasteiger partial charge in [0.15, 0.2) is 0 Å². The summed E-state index contributed by atoms with van der Waals surface area (Å²) in [6.45, 7) is 5.04. The average Bonchev–Trinajstić information content (AvgIpc) is 2.55. The maximum absolute atomic E-state index is 12.0. The van der Waals surface area contributed by atoms with Crippen LogP contribution in [0.25, 0.3) is 0 Å². The van der Waals surface area contributed by atoms with E-state index in [0.29, 0.717) is 6.54 Å². The molecule has 0 atom stereocenters. The smallest absolute Gasteiger partial charge is 0.238 e. The van der Waals surface area contributed by atoms with E-state index in [1.807, 2.05) is 50.2 Å². The molecular formula is C19H24N2O2. The molecule has 2 aromatic rings. The van der Waals surface area contributed by atoms with Crippen LogP contribution in [0.3, 0.4) is 0 Å². The van der Waals surface area contributed by atoms with Crippen molar-refractivity contribution in [1.82, 2.24) is 5.32 Å². The number of amides is 1. The molecule has 4 nitrogen and oxygen atoms in total. The number of nitrogens with one attached hydrogen (secondary N) is 2. The zero-order chi connectivity index (χ0) is 16.7. The molecule has 4 heteroatoms. The molecule has 0 spiro atoms. The van der Waals surface area contributed by atoms with Gasteiger partial charge in [-0.25, -0.2) is 0 Å². The zero-order valence-electron chi connectivity index (χ0n) is 14.0. The van der Waals surface area contributed by atoms with Crippen molar-refractivity contribution in [2.75, 3.05) is 25.5 Å². The normalized spacial score (nSPS) is 10.4. The van der Waals surface area contributed by atoms with Crippen LogP contribution in [0, 0.1) is 13.8 Å². The molecule has 23 heavy (non-hydrogen) atoms. The fourth-order valence-corrected chi connectivity index (χ4v) is 2.46. The van der Waals surface area contributed by atoms with Crippen LogP contribution in [-0.4, -0.2) is 26.1 Å². The summed E-state index contributed by atoms with van der Waals surface area (Å²) in [5, 5.41) is 6.15. The second kappa shape index (κ2) is 8.34. The van der Waals surface area contributed by atoms with Crippen LogP contribution in [0.4, 0.5) is 5.69 Å². The molecule has 0 heterocycles. The van der Waals surface area contributed by atoms with Crippen molar-refractivity contribution in [3.05, 3.63) is 59.2 Å². The highest BCUT2D eigenvalue weighted by atomic mass is 16.5. The fourth-order valence-electron chi connectivity index (χ4n) is 2.46. The van der Waals surface area contributed by atoms with E-state index in [9.17, 15) is 4.79 Å². The molecule has 0 aliphatic rings. The van der Waals surface area contributed by atoms with E-state index >= 15 is 0 Å². The Bertz CT molecular complexity index is 648. The summed E-state index contributed by atoms with van der Waals surface area (Å²) in [6, 6.07) is 14.0. The Morgan fingerprint density at radius 2 is 1.78 bits per heavy atom. The summed E-state index contributed by atoms with van der Waals surface area (Å²) in [4.78, 5) is 12.0. The number of hydrogen-bond donors (Lipinski definition) is 2. The summed E-state index contributed by atoms with van der Waals surface area (Å²) >= 11 is 0. The first-order valence-corrected chi connectivity index (χ1v) is 7.80. The van der Waals surface area contributed by atoms with E-state index in [1.54, 1.807) is 7.11 Å². The number of methoxy groups -OCH3 is 1. The Hall–Kier alpha value is -2.33. The van der Waals surface area contributed by atoms with Crippen LogP contribution in [0.1, 0.15) is 16.7 Å². The minimum Gasteiger partial charge on any atom is -0.497 e. The van der Waals surface area contributed by atoms with Crippen LogP contribution in [0.2, 0.25) is 0 Å². The van der Waals surface area contributed by atoms with Crippen LogP contribution in [0.15, 0.2) is 42.5 Å². The minimum absolute atomic E-state index is 0.0203. The molecule has 0 bridgehead atoms. The third-order valence-corrected chi connectivity index (χ3v) is 3.76. The van der Waals surface area contributed by atoms with Crippen molar-refractivity contribution < 1.29 is 9.53 Å². The summed E-state index contributed by atoms with van der Waals surface area (Å²) in [6.07, 6.45) is 0.855. The molecule has 1 amide bonds. The summed E-state index contributed by atoms with van der Waals surface area (Å²) in [7, 11) is 1.66. The van der Waals surface area contributed by atoms with E-state index in [2.05, 4.69) is 16.7 Å². The van der Waals surface area contributed by atoms with Gasteiger partial charge in [-0.05, 0) is 55.6 Å². The van der Waals surface area contributed by atoms with E-state index in [0.717, 1.165) is 35.5 Å². The van der Waals surface area contributed by atoms with Crippen molar-refractivity contribution in [3.8, 4) is 5.75 Å². The van der Waals surface area contributed by atoms with Crippen LogP contribution in [-0.2, 0) is 11.2 Å². The van der Waals surface area contributed by atoms with Gasteiger partial charge in [0.1, 0.15) is 5.75 Å². The van der Waals surface area contributed by atoms with E-state index in [-0.39, 0.29) is 5.91 Å². The van der Waals surface area contributed by atoms with Gasteiger partial charge in [-0.1, -0.05) is 30.3 Å². The number of para-hydroxylation sites is 1. The standard InChI is InChI=1S/C19H24N2O2/c1-14-6-4-7-15(2)19(14)21-18(22)13-20-11-10-16-8-5-9-17(12-16)23-3/h4-9,12,20H,10-11,13H2,1-3H3,(H,21,22). The quantitative estimate of drug-likeness (QED) is 0.773. The lowest BCUT2D eigenvalue weighted by Gasteiger charge is -2.12. The Labute approximate surface area is 137 Å². The molecular weight excluding hydrogens is 288 g/mol. The van der Waals surface area contributed by atoms with Crippen molar-refractivity contribution in [3.63, 3.8) is 0 Å². The highest BCUT2D eigenvalue weighted by Gasteiger charge is 2.06. The lowest BCUT2D eigenvalue weighted by molar-refractivity contribution is -0.115. The van der Waals surface area contributed by atoms with Crippen molar-refractivity contribution in [2.24, 2.45) is 0 Å². The minimum atomic E-state index is -0.0203. The van der Waals surface area contributed by atoms with Gasteiger partial charge in [0.05, 0.1) is 13.7 Å². The van der Waals surface area contributed by atoms with Gasteiger partial charge in [0.25, 0.3) is 0 Å². The highest BCUT2D eigenvalue weighted by molar-refractivity contribution is 5.93. The second-order valence-electron chi connectivity index (χ2n) is 5.59. The largest absolute Gasteiger partial charge is 0.497 e. The van der Waals surface area contributed by atoms with Gasteiger partial charge < -0.3 is 15.4 Å². The number of hydrogen-bond acceptors (Lipinski definition) is 3. The van der Waals surface area contributed by atoms with Crippen molar-refractivity contribution in [2.45, 2.75) is 20.3 Å². The molecule has 0 fully saturated rings. The predicted octanol–water partition coefficient (Wildman–Crippen LogP) is 3.08. The molecule has 122 valence electrons. The molecule has 2 N–H and O–H groups in total. The van der Waals surface area contributed by atoms with Gasteiger partial charge in [-0.15, -0.1) is 0 Å². The number of benzene rings is 2. The van der Waals surface area contributed by atoms with E-state index in [1.165, 1.54) is 5.56 Å². The Morgan fingerprint density at radius 1 is 1.09 bits per heavy atom. The molecule has 0 radical (unpaired) electrons. The summed E-state index contributed by atoms with van der Waals surface area (Å²) in [5.41, 5.74) is 4.25. The lowest BCUT2D eigenvalue weighted by atomic mass is 10.1. The van der Waals surface area contributed by atoms with Crippen LogP contribution >= 0.6 is 0 Å². The fraction of sp³-hybridized carbons (Fsp3) is 0.316. The summed E-state index contributed by atoms with van der Waals surface area (Å²) in [5.74, 6) is 0.836. The monoisotopic (exact) mass is 312 g/mol. The molecule has 2 rings (SSSR count). The number of carbonyl (C=O) groups excluding carboxylic acids is 1. The van der Waals surface area contributed by atoms with Crippen molar-refractivity contribution >= 4 is 11.6 Å². The number of ether oxygens (including phenoxy) is 1. The van der Waals surface area contributed by atoms with Gasteiger partial charge in [-0.3, -0.25) is 4.79 Å². The molecule has 0 saturated heterocycles. The van der Waals surface area contributed by atoms with Gasteiger partial charge in [0, 0.05) is 5.69 Å². The molecule has 2 aromatic carbocycles. The maximum Gasteiger partial charge on any atom is 0.238 e. The van der Waals surface area contributed by atoms with E-state index in [4.69, 9.17) is 4.74 Å². The molecule has 0 aromatic heterocycles. The SMILES string of the molecule is COc1cccc(CCNCC(=O)Nc2c(C)cccc2C)c1. The highest BCUT2D eigenvalue weighted by Crippen LogP contribution is 2.19. The molecule has 0 aliphatic carbocycles. The first-order valence-electron chi connectivity index (χ1n) is 7.80. The Balaban J connectivity index is 1.76. The van der Waals surface area contributed by atoms with Gasteiger partial charge in [-0.2, -0.15) is 0 Å². The first kappa shape index (κ1) is 17.0. The molecule has 0 unspecified atom stereocenters. The average molecular weight is 312 g/mol. The first-order chi connectivity index (χ1) is 11.1. The number of anilines is 1. The maximum atomic E-state index is 12.0. The zero-order valence-corrected chi connectivity index (χ0v) is 14.0. The van der Waals surface area contributed by atoms with Gasteiger partial charge in [0.2, 0.25) is 5.91 Å². The third kappa shape index (κ3) is 5.11. The number of aryl methyl sites for hydroxylation is 2. The number of carbonyl (C=O) groups is 1. The number of rotatable bonds is 7. The van der Waals surface area contributed by atoms with Gasteiger partial charge >= 0.3 is 0 Å². The lowest BCUT2D eigenvalue weighted by Crippen LogP contribution is -2.30. The molecule has 0 saturated carbocycles. The Kier molecular flexibility index (Phi) is 6.18. The van der Waals surface area contributed by atoms with Crippen LogP contribution < -0.4 is 15.4 Å². The molecule has 0 aliphatic heterocycles. The third-order valence-electron chi connectivity index (χ3n) is 3.76. The van der Waals surface area contributed by atoms with Crippen molar-refractivity contribution in [1.29, 1.82) is 0 Å². The predicted molar refractivity (Wildman–Crippen MR) is 94.1 cm³/mol.